The Hall–Kier alpha value is -1.35. The summed E-state index contributed by atoms with van der Waals surface area (Å²) in [5, 5.41) is 10.1. The van der Waals surface area contributed by atoms with E-state index in [2.05, 4.69) is 54.6 Å². The molecule has 168 valence electrons. The van der Waals surface area contributed by atoms with Crippen molar-refractivity contribution in [2.45, 2.75) is 65.6 Å². The summed E-state index contributed by atoms with van der Waals surface area (Å²) < 4.78 is 0. The molecule has 30 heavy (non-hydrogen) atoms. The number of likely N-dealkylation sites (tertiary alicyclic amines) is 1. The van der Waals surface area contributed by atoms with Crippen molar-refractivity contribution in [3.05, 3.63) is 29.8 Å². The molecule has 1 heterocycles. The number of guanidine groups is 1. The van der Waals surface area contributed by atoms with Gasteiger partial charge in [-0.15, -0.1) is 24.0 Å². The molecular formula is C23H38IN5O. The lowest BCUT2D eigenvalue weighted by Crippen LogP contribution is -2.46. The molecule has 1 saturated carbocycles. The van der Waals surface area contributed by atoms with Crippen LogP contribution in [0.1, 0.15) is 52.5 Å². The van der Waals surface area contributed by atoms with Gasteiger partial charge in [0.2, 0.25) is 5.91 Å². The number of anilines is 1. The van der Waals surface area contributed by atoms with Gasteiger partial charge in [0.25, 0.3) is 0 Å². The Labute approximate surface area is 198 Å². The van der Waals surface area contributed by atoms with E-state index in [1.54, 1.807) is 0 Å². The predicted octanol–water partition coefficient (Wildman–Crippen LogP) is 3.83. The maximum absolute atomic E-state index is 12.2. The van der Waals surface area contributed by atoms with Crippen LogP contribution in [0, 0.1) is 11.8 Å². The van der Waals surface area contributed by atoms with Crippen molar-refractivity contribution in [1.29, 1.82) is 0 Å². The van der Waals surface area contributed by atoms with Gasteiger partial charge in [-0.25, -0.2) is 4.99 Å². The van der Waals surface area contributed by atoms with Gasteiger partial charge in [0, 0.05) is 43.3 Å². The molecule has 0 bridgehead atoms. The number of amides is 1. The molecule has 0 radical (unpaired) electrons. The normalized spacial score (nSPS) is 22.4. The lowest BCUT2D eigenvalue weighted by Gasteiger charge is -2.24. The van der Waals surface area contributed by atoms with Gasteiger partial charge in [0.1, 0.15) is 0 Å². The van der Waals surface area contributed by atoms with Crippen LogP contribution in [0.2, 0.25) is 0 Å². The van der Waals surface area contributed by atoms with Gasteiger partial charge in [0.15, 0.2) is 5.96 Å². The molecular weight excluding hydrogens is 489 g/mol. The van der Waals surface area contributed by atoms with E-state index in [0.29, 0.717) is 24.5 Å². The van der Waals surface area contributed by atoms with Crippen molar-refractivity contribution in [2.75, 3.05) is 25.0 Å². The molecule has 1 saturated heterocycles. The van der Waals surface area contributed by atoms with Crippen LogP contribution in [0.5, 0.6) is 0 Å². The number of halogens is 1. The fraction of sp³-hybridized carbons (Fsp3) is 0.652. The molecule has 1 aromatic rings. The van der Waals surface area contributed by atoms with Crippen LogP contribution in [0.25, 0.3) is 0 Å². The lowest BCUT2D eigenvalue weighted by atomic mass is 9.85. The highest BCUT2D eigenvalue weighted by Crippen LogP contribution is 2.27. The highest BCUT2D eigenvalue weighted by Gasteiger charge is 2.31. The zero-order chi connectivity index (χ0) is 20.8. The number of carbonyl (C=O) groups is 1. The van der Waals surface area contributed by atoms with Crippen molar-refractivity contribution < 1.29 is 4.79 Å². The number of benzene rings is 1. The van der Waals surface area contributed by atoms with E-state index in [1.807, 2.05) is 18.2 Å². The Balaban J connectivity index is 0.00000320. The number of rotatable bonds is 7. The first-order valence-corrected chi connectivity index (χ1v) is 11.1. The largest absolute Gasteiger partial charge is 0.357 e. The Kier molecular flexibility index (Phi) is 9.87. The van der Waals surface area contributed by atoms with E-state index in [0.717, 1.165) is 49.7 Å². The maximum atomic E-state index is 12.2. The van der Waals surface area contributed by atoms with Crippen LogP contribution >= 0.6 is 24.0 Å². The maximum Gasteiger partial charge on any atom is 0.227 e. The van der Waals surface area contributed by atoms with Gasteiger partial charge in [-0.3, -0.25) is 9.69 Å². The number of carbonyl (C=O) groups excluding carboxylic acids is 1. The van der Waals surface area contributed by atoms with Crippen LogP contribution < -0.4 is 16.0 Å². The van der Waals surface area contributed by atoms with Gasteiger partial charge in [-0.05, 0) is 57.2 Å². The molecule has 6 nitrogen and oxygen atoms in total. The molecule has 1 aliphatic heterocycles. The van der Waals surface area contributed by atoms with Crippen LogP contribution in [-0.2, 0) is 11.3 Å². The molecule has 1 amide bonds. The Bertz CT molecular complexity index is 719. The first kappa shape index (κ1) is 24.9. The average molecular weight is 527 g/mol. The molecule has 7 heteroatoms. The molecule has 1 aromatic carbocycles. The molecule has 0 spiro atoms. The summed E-state index contributed by atoms with van der Waals surface area (Å²) in [6.07, 6.45) is 3.20. The number of hydrogen-bond acceptors (Lipinski definition) is 3. The minimum absolute atomic E-state index is 0. The fourth-order valence-corrected chi connectivity index (χ4v) is 3.94. The summed E-state index contributed by atoms with van der Waals surface area (Å²) >= 11 is 0. The van der Waals surface area contributed by atoms with Gasteiger partial charge in [-0.2, -0.15) is 0 Å². The summed E-state index contributed by atoms with van der Waals surface area (Å²) in [4.78, 5) is 19.5. The van der Waals surface area contributed by atoms with Crippen molar-refractivity contribution in [3.63, 3.8) is 0 Å². The minimum Gasteiger partial charge on any atom is -0.357 e. The topological polar surface area (TPSA) is 68.8 Å². The van der Waals surface area contributed by atoms with E-state index in [4.69, 9.17) is 4.99 Å². The van der Waals surface area contributed by atoms with Crippen molar-refractivity contribution in [2.24, 2.45) is 16.8 Å². The van der Waals surface area contributed by atoms with Crippen molar-refractivity contribution >= 4 is 41.5 Å². The molecule has 0 aromatic heterocycles. The smallest absolute Gasteiger partial charge is 0.227 e. The van der Waals surface area contributed by atoms with Gasteiger partial charge in [-0.1, -0.05) is 25.5 Å². The second-order valence-corrected chi connectivity index (χ2v) is 8.79. The van der Waals surface area contributed by atoms with E-state index in [1.165, 1.54) is 6.42 Å². The molecule has 2 aliphatic rings. The minimum atomic E-state index is 0. The molecule has 2 unspecified atom stereocenters. The zero-order valence-corrected chi connectivity index (χ0v) is 21.1. The van der Waals surface area contributed by atoms with E-state index < -0.39 is 0 Å². The van der Waals surface area contributed by atoms with Crippen LogP contribution in [0.15, 0.2) is 29.3 Å². The van der Waals surface area contributed by atoms with Crippen molar-refractivity contribution in [1.82, 2.24) is 15.5 Å². The summed E-state index contributed by atoms with van der Waals surface area (Å²) in [6, 6.07) is 9.01. The molecule has 2 atom stereocenters. The predicted molar refractivity (Wildman–Crippen MR) is 135 cm³/mol. The Morgan fingerprint density at radius 3 is 2.63 bits per heavy atom. The highest BCUT2D eigenvalue weighted by molar-refractivity contribution is 14.0. The van der Waals surface area contributed by atoms with E-state index in [9.17, 15) is 4.79 Å². The summed E-state index contributed by atoms with van der Waals surface area (Å²) in [7, 11) is 0. The first-order chi connectivity index (χ1) is 14.0. The van der Waals surface area contributed by atoms with Gasteiger partial charge in [0.05, 0.1) is 6.54 Å². The van der Waals surface area contributed by atoms with Crippen LogP contribution in [0.3, 0.4) is 0 Å². The quantitative estimate of drug-likeness (QED) is 0.287. The van der Waals surface area contributed by atoms with Crippen LogP contribution in [0.4, 0.5) is 5.69 Å². The third-order valence-corrected chi connectivity index (χ3v) is 6.13. The molecule has 3 N–H and O–H groups in total. The van der Waals surface area contributed by atoms with Crippen molar-refractivity contribution in [3.8, 4) is 0 Å². The van der Waals surface area contributed by atoms with E-state index >= 15 is 0 Å². The fourth-order valence-electron chi connectivity index (χ4n) is 3.94. The standard InChI is InChI=1S/C23H37N5O.HI/c1-5-24-23(27-21-15-28(16(2)3)14-17(21)4)25-13-18-8-6-11-20(12-18)26-22(29)19-9-7-10-19;/h6,8,11-12,16-17,19,21H,5,7,9-10,13-15H2,1-4H3,(H,26,29)(H2,24,25,27);1H. The summed E-state index contributed by atoms with van der Waals surface area (Å²) in [5.74, 6) is 1.79. The Morgan fingerprint density at radius 1 is 1.27 bits per heavy atom. The summed E-state index contributed by atoms with van der Waals surface area (Å²) in [6.45, 7) is 12.5. The second kappa shape index (κ2) is 11.9. The Morgan fingerprint density at radius 2 is 2.03 bits per heavy atom. The average Bonchev–Trinajstić information content (AvgIpc) is 2.99. The molecule has 3 rings (SSSR count). The third-order valence-electron chi connectivity index (χ3n) is 6.13. The third kappa shape index (κ3) is 6.83. The number of nitrogens with one attached hydrogen (secondary N) is 3. The van der Waals surface area contributed by atoms with Gasteiger partial charge >= 0.3 is 0 Å². The number of aliphatic imine (C=N–C) groups is 1. The zero-order valence-electron chi connectivity index (χ0n) is 18.8. The van der Waals surface area contributed by atoms with Gasteiger partial charge < -0.3 is 16.0 Å². The lowest BCUT2D eigenvalue weighted by molar-refractivity contribution is -0.122. The monoisotopic (exact) mass is 527 g/mol. The summed E-state index contributed by atoms with van der Waals surface area (Å²) in [5.41, 5.74) is 1.96. The first-order valence-electron chi connectivity index (χ1n) is 11.1. The number of nitrogens with zero attached hydrogens (tertiary/aromatic N) is 2. The van der Waals surface area contributed by atoms with E-state index in [-0.39, 0.29) is 35.8 Å². The second-order valence-electron chi connectivity index (χ2n) is 8.79. The van der Waals surface area contributed by atoms with Crippen LogP contribution in [-0.4, -0.2) is 48.5 Å². The number of hydrogen-bond donors (Lipinski definition) is 3. The highest BCUT2D eigenvalue weighted by atomic mass is 127. The molecule has 1 aliphatic carbocycles. The SMILES string of the molecule is CCNC(=NCc1cccc(NC(=O)C2CCC2)c1)NC1CN(C(C)C)CC1C.I. The molecule has 2 fully saturated rings.